The molecule has 7 nitrogen and oxygen atoms in total. The highest BCUT2D eigenvalue weighted by Gasteiger charge is 2.19. The maximum atomic E-state index is 12.2. The van der Waals surface area contributed by atoms with Gasteiger partial charge in [0, 0.05) is 13.2 Å². The molecule has 22 heavy (non-hydrogen) atoms. The van der Waals surface area contributed by atoms with E-state index in [0.29, 0.717) is 46.0 Å². The molecule has 8 heteroatoms. The molecule has 120 valence electrons. The van der Waals surface area contributed by atoms with Crippen molar-refractivity contribution in [1.82, 2.24) is 20.2 Å². The van der Waals surface area contributed by atoms with Gasteiger partial charge in [0.25, 0.3) is 11.5 Å². The fourth-order valence-electron chi connectivity index (χ4n) is 2.14. The van der Waals surface area contributed by atoms with Crippen LogP contribution in [0.5, 0.6) is 0 Å². The lowest BCUT2D eigenvalue weighted by Crippen LogP contribution is -2.24. The highest BCUT2D eigenvalue weighted by Crippen LogP contribution is 2.26. The molecule has 0 aliphatic rings. The van der Waals surface area contributed by atoms with Crippen molar-refractivity contribution >= 4 is 27.5 Å². The Morgan fingerprint density at radius 2 is 2.18 bits per heavy atom. The van der Waals surface area contributed by atoms with Gasteiger partial charge in [-0.3, -0.25) is 9.59 Å². The van der Waals surface area contributed by atoms with Gasteiger partial charge in [0.1, 0.15) is 10.7 Å². The second-order valence-corrected chi connectivity index (χ2v) is 6.32. The highest BCUT2D eigenvalue weighted by molar-refractivity contribution is 7.20. The number of hydrogen-bond donors (Lipinski definition) is 3. The van der Waals surface area contributed by atoms with Crippen LogP contribution >= 0.6 is 11.3 Å². The average Bonchev–Trinajstić information content (AvgIpc) is 2.75. The first-order chi connectivity index (χ1) is 10.4. The number of amides is 1. The number of aryl methyl sites for hydroxylation is 1. The summed E-state index contributed by atoms with van der Waals surface area (Å²) in [5, 5.41) is 12.0. The summed E-state index contributed by atoms with van der Waals surface area (Å²) in [6.07, 6.45) is 0.501. The summed E-state index contributed by atoms with van der Waals surface area (Å²) in [6.45, 7) is 2.71. The number of carbonyl (C=O) groups excluding carboxylic acids is 1. The Kier molecular flexibility index (Phi) is 5.28. The molecule has 0 aromatic carbocycles. The van der Waals surface area contributed by atoms with E-state index in [-0.39, 0.29) is 18.1 Å². The molecule has 0 saturated heterocycles. The molecule has 0 saturated carbocycles. The van der Waals surface area contributed by atoms with Gasteiger partial charge in [-0.1, -0.05) is 0 Å². The molecule has 2 heterocycles. The first-order valence-electron chi connectivity index (χ1n) is 7.00. The van der Waals surface area contributed by atoms with E-state index in [1.165, 1.54) is 11.3 Å². The standard InChI is InChI=1S/C14H20N4O3S/c1-8-10-12(20)16-9(7-18(2)3)17-14(10)22-11(8)13(21)15-5-4-6-19/h19H,4-7H2,1-3H3,(H,15,21)(H,16,17,20). The number of aromatic amines is 1. The third-order valence-electron chi connectivity index (χ3n) is 3.14. The molecule has 2 aromatic rings. The summed E-state index contributed by atoms with van der Waals surface area (Å²) >= 11 is 1.22. The first-order valence-corrected chi connectivity index (χ1v) is 7.81. The van der Waals surface area contributed by atoms with Crippen molar-refractivity contribution in [2.45, 2.75) is 19.9 Å². The fourth-order valence-corrected chi connectivity index (χ4v) is 3.26. The van der Waals surface area contributed by atoms with Crippen LogP contribution in [0.15, 0.2) is 4.79 Å². The third-order valence-corrected chi connectivity index (χ3v) is 4.33. The zero-order valence-electron chi connectivity index (χ0n) is 12.9. The SMILES string of the molecule is Cc1c(C(=O)NCCCO)sc2nc(CN(C)C)[nH]c(=O)c12. The maximum absolute atomic E-state index is 12.2. The molecule has 1 amide bonds. The molecule has 0 radical (unpaired) electrons. The molecule has 0 aliphatic carbocycles. The van der Waals surface area contributed by atoms with Crippen LogP contribution in [0.3, 0.4) is 0 Å². The topological polar surface area (TPSA) is 98.3 Å². The van der Waals surface area contributed by atoms with Crippen molar-refractivity contribution in [2.75, 3.05) is 27.2 Å². The van der Waals surface area contributed by atoms with Gasteiger partial charge in [0.15, 0.2) is 0 Å². The molecule has 0 aliphatic heterocycles. The maximum Gasteiger partial charge on any atom is 0.261 e. The molecule has 0 unspecified atom stereocenters. The van der Waals surface area contributed by atoms with E-state index in [2.05, 4.69) is 15.3 Å². The summed E-state index contributed by atoms with van der Waals surface area (Å²) in [4.78, 5) is 34.6. The van der Waals surface area contributed by atoms with Crippen LogP contribution in [-0.2, 0) is 6.54 Å². The normalized spacial score (nSPS) is 11.3. The van der Waals surface area contributed by atoms with Crippen molar-refractivity contribution in [3.05, 3.63) is 26.6 Å². The number of nitrogens with zero attached hydrogens (tertiary/aromatic N) is 2. The number of rotatable bonds is 6. The van der Waals surface area contributed by atoms with Gasteiger partial charge in [-0.25, -0.2) is 4.98 Å². The van der Waals surface area contributed by atoms with Crippen LogP contribution < -0.4 is 10.9 Å². The van der Waals surface area contributed by atoms with Crippen LogP contribution in [0, 0.1) is 6.92 Å². The Hall–Kier alpha value is -1.77. The number of nitrogens with one attached hydrogen (secondary N) is 2. The van der Waals surface area contributed by atoms with Crippen LogP contribution in [0.2, 0.25) is 0 Å². The molecule has 0 bridgehead atoms. The second-order valence-electron chi connectivity index (χ2n) is 5.32. The predicted octanol–water partition coefficient (Wildman–Crippen LogP) is 0.467. The Labute approximate surface area is 132 Å². The van der Waals surface area contributed by atoms with Gasteiger partial charge in [-0.05, 0) is 33.0 Å². The number of hydrogen-bond acceptors (Lipinski definition) is 6. The number of thiophene rings is 1. The average molecular weight is 324 g/mol. The number of aliphatic hydroxyl groups excluding tert-OH is 1. The third kappa shape index (κ3) is 3.52. The predicted molar refractivity (Wildman–Crippen MR) is 86.4 cm³/mol. The van der Waals surface area contributed by atoms with Gasteiger partial charge in [-0.2, -0.15) is 0 Å². The van der Waals surface area contributed by atoms with E-state index < -0.39 is 0 Å². The number of fused-ring (bicyclic) bond motifs is 1. The quantitative estimate of drug-likeness (QED) is 0.671. The summed E-state index contributed by atoms with van der Waals surface area (Å²) in [6, 6.07) is 0. The lowest BCUT2D eigenvalue weighted by atomic mass is 10.2. The summed E-state index contributed by atoms with van der Waals surface area (Å²) in [5.41, 5.74) is 0.427. The second kappa shape index (κ2) is 6.99. The van der Waals surface area contributed by atoms with Gasteiger partial charge in [0.2, 0.25) is 0 Å². The molecule has 2 rings (SSSR count). The lowest BCUT2D eigenvalue weighted by Gasteiger charge is -2.07. The molecular weight excluding hydrogens is 304 g/mol. The van der Waals surface area contributed by atoms with E-state index in [1.54, 1.807) is 6.92 Å². The minimum Gasteiger partial charge on any atom is -0.396 e. The van der Waals surface area contributed by atoms with Crippen LogP contribution in [0.4, 0.5) is 0 Å². The minimum atomic E-state index is -0.234. The number of H-pyrrole nitrogens is 1. The molecule has 3 N–H and O–H groups in total. The van der Waals surface area contributed by atoms with E-state index in [9.17, 15) is 9.59 Å². The smallest absolute Gasteiger partial charge is 0.261 e. The van der Waals surface area contributed by atoms with Gasteiger partial charge in [-0.15, -0.1) is 11.3 Å². The Morgan fingerprint density at radius 1 is 1.45 bits per heavy atom. The summed E-state index contributed by atoms with van der Waals surface area (Å²) in [7, 11) is 3.79. The van der Waals surface area contributed by atoms with Crippen molar-refractivity contribution < 1.29 is 9.90 Å². The van der Waals surface area contributed by atoms with E-state index in [4.69, 9.17) is 5.11 Å². The Morgan fingerprint density at radius 3 is 2.82 bits per heavy atom. The summed E-state index contributed by atoms with van der Waals surface area (Å²) < 4.78 is 0. The van der Waals surface area contributed by atoms with E-state index >= 15 is 0 Å². The van der Waals surface area contributed by atoms with Gasteiger partial charge < -0.3 is 20.3 Å². The highest BCUT2D eigenvalue weighted by atomic mass is 32.1. The lowest BCUT2D eigenvalue weighted by molar-refractivity contribution is 0.0954. The molecule has 0 spiro atoms. The van der Waals surface area contributed by atoms with Gasteiger partial charge in [0.05, 0.1) is 16.8 Å². The number of carbonyl (C=O) groups is 1. The minimum absolute atomic E-state index is 0.0286. The van der Waals surface area contributed by atoms with Crippen LogP contribution in [0.25, 0.3) is 10.2 Å². The van der Waals surface area contributed by atoms with Crippen molar-refractivity contribution in [2.24, 2.45) is 0 Å². The van der Waals surface area contributed by atoms with Crippen molar-refractivity contribution in [3.8, 4) is 0 Å². The number of aliphatic hydroxyl groups is 1. The van der Waals surface area contributed by atoms with Gasteiger partial charge >= 0.3 is 0 Å². The molecular formula is C14H20N4O3S. The molecule has 2 aromatic heterocycles. The Balaban J connectivity index is 2.38. The van der Waals surface area contributed by atoms with E-state index in [1.807, 2.05) is 19.0 Å². The summed E-state index contributed by atoms with van der Waals surface area (Å²) in [5.74, 6) is 0.346. The largest absolute Gasteiger partial charge is 0.396 e. The molecule has 0 fully saturated rings. The fraction of sp³-hybridized carbons (Fsp3) is 0.500. The number of aromatic nitrogens is 2. The zero-order valence-corrected chi connectivity index (χ0v) is 13.7. The van der Waals surface area contributed by atoms with Crippen LogP contribution in [-0.4, -0.2) is 53.1 Å². The first kappa shape index (κ1) is 16.6. The van der Waals surface area contributed by atoms with Crippen molar-refractivity contribution in [1.29, 1.82) is 0 Å². The van der Waals surface area contributed by atoms with Crippen LogP contribution in [0.1, 0.15) is 27.5 Å². The van der Waals surface area contributed by atoms with Crippen molar-refractivity contribution in [3.63, 3.8) is 0 Å². The monoisotopic (exact) mass is 324 g/mol. The zero-order chi connectivity index (χ0) is 16.3. The van der Waals surface area contributed by atoms with E-state index in [0.717, 1.165) is 0 Å². The Bertz CT molecular complexity index is 735. The molecule has 0 atom stereocenters.